The van der Waals surface area contributed by atoms with Crippen molar-refractivity contribution in [2.45, 2.75) is 19.9 Å². The highest BCUT2D eigenvalue weighted by Crippen LogP contribution is 2.18. The summed E-state index contributed by atoms with van der Waals surface area (Å²) in [7, 11) is 0. The smallest absolute Gasteiger partial charge is 0.214 e. The zero-order valence-electron chi connectivity index (χ0n) is 11.0. The molecule has 20 heavy (non-hydrogen) atoms. The van der Waals surface area contributed by atoms with Gasteiger partial charge in [-0.3, -0.25) is 9.67 Å². The number of H-pyrrole nitrogens is 1. The number of hydrogen-bond acceptors (Lipinski definition) is 4. The molecule has 2 aromatic heterocycles. The monoisotopic (exact) mass is 286 g/mol. The van der Waals surface area contributed by atoms with Gasteiger partial charge < -0.3 is 4.42 Å². The van der Waals surface area contributed by atoms with Gasteiger partial charge in [0.05, 0.1) is 6.20 Å². The molecule has 1 aromatic carbocycles. The lowest BCUT2D eigenvalue weighted by Crippen LogP contribution is -2.02. The number of benzene rings is 1. The van der Waals surface area contributed by atoms with E-state index in [-0.39, 0.29) is 0 Å². The van der Waals surface area contributed by atoms with Crippen molar-refractivity contribution in [2.24, 2.45) is 0 Å². The third-order valence-corrected chi connectivity index (χ3v) is 3.35. The Balaban J connectivity index is 1.97. The van der Waals surface area contributed by atoms with Crippen LogP contribution in [-0.4, -0.2) is 19.7 Å². The van der Waals surface area contributed by atoms with Crippen LogP contribution < -0.4 is 0 Å². The number of oxazole rings is 1. The number of hydrogen-bond donors (Lipinski definition) is 1. The quantitative estimate of drug-likeness (QED) is 0.748. The number of aromatic nitrogens is 4. The molecule has 0 unspecified atom stereocenters. The number of rotatable bonds is 4. The molecule has 102 valence electrons. The van der Waals surface area contributed by atoms with E-state index in [0.29, 0.717) is 17.2 Å². The number of nitrogens with one attached hydrogen (secondary N) is 1. The van der Waals surface area contributed by atoms with Crippen molar-refractivity contribution in [1.29, 1.82) is 0 Å². The lowest BCUT2D eigenvalue weighted by molar-refractivity contribution is 0.446. The first kappa shape index (κ1) is 12.8. The molecular formula is C14H14N4OS. The summed E-state index contributed by atoms with van der Waals surface area (Å²) < 4.78 is 8.07. The Bertz CT molecular complexity index is 757. The third kappa shape index (κ3) is 2.42. The molecule has 0 amide bonds. The van der Waals surface area contributed by atoms with Gasteiger partial charge in [0.25, 0.3) is 0 Å². The van der Waals surface area contributed by atoms with E-state index in [1.807, 2.05) is 41.8 Å². The molecule has 0 saturated heterocycles. The fourth-order valence-electron chi connectivity index (χ4n) is 1.99. The SMILES string of the molecule is CCc1cnc(Cn2c(-c3ccccc3)n[nH]c2=S)o1. The van der Waals surface area contributed by atoms with Gasteiger partial charge in [-0.2, -0.15) is 5.10 Å². The standard InChI is InChI=1S/C14H14N4OS/c1-2-11-8-15-12(19-11)9-18-13(16-17-14(18)20)10-6-4-3-5-7-10/h3-8H,2,9H2,1H3,(H,17,20). The molecule has 0 radical (unpaired) electrons. The number of aromatic amines is 1. The molecule has 0 saturated carbocycles. The lowest BCUT2D eigenvalue weighted by atomic mass is 10.2. The lowest BCUT2D eigenvalue weighted by Gasteiger charge is -2.04. The van der Waals surface area contributed by atoms with Crippen molar-refractivity contribution in [3.63, 3.8) is 0 Å². The Hall–Kier alpha value is -2.21. The molecule has 6 heteroatoms. The van der Waals surface area contributed by atoms with Crippen LogP contribution in [0.4, 0.5) is 0 Å². The van der Waals surface area contributed by atoms with E-state index in [4.69, 9.17) is 16.6 Å². The predicted molar refractivity (Wildman–Crippen MR) is 77.8 cm³/mol. The van der Waals surface area contributed by atoms with Gasteiger partial charge in [-0.1, -0.05) is 37.3 Å². The number of aryl methyl sites for hydroxylation is 1. The second kappa shape index (κ2) is 5.42. The molecule has 3 rings (SSSR count). The predicted octanol–water partition coefficient (Wildman–Crippen LogP) is 3.21. The maximum atomic E-state index is 5.63. The van der Waals surface area contributed by atoms with Crippen LogP contribution in [-0.2, 0) is 13.0 Å². The summed E-state index contributed by atoms with van der Waals surface area (Å²) >= 11 is 5.28. The Morgan fingerprint density at radius 1 is 1.30 bits per heavy atom. The summed E-state index contributed by atoms with van der Waals surface area (Å²) in [6, 6.07) is 9.90. The largest absolute Gasteiger partial charge is 0.444 e. The molecule has 0 bridgehead atoms. The second-order valence-corrected chi connectivity index (χ2v) is 4.77. The molecule has 3 aromatic rings. The zero-order valence-corrected chi connectivity index (χ0v) is 11.9. The minimum absolute atomic E-state index is 0.472. The average Bonchev–Trinajstić information content (AvgIpc) is 3.08. The van der Waals surface area contributed by atoms with Crippen molar-refractivity contribution in [3.8, 4) is 11.4 Å². The van der Waals surface area contributed by atoms with Crippen LogP contribution in [0.1, 0.15) is 18.6 Å². The zero-order chi connectivity index (χ0) is 13.9. The van der Waals surface area contributed by atoms with Crippen LogP contribution in [0.3, 0.4) is 0 Å². The first-order valence-corrected chi connectivity index (χ1v) is 6.83. The summed E-state index contributed by atoms with van der Waals surface area (Å²) in [5.41, 5.74) is 1.00. The van der Waals surface area contributed by atoms with E-state index in [2.05, 4.69) is 15.2 Å². The van der Waals surface area contributed by atoms with Crippen LogP contribution in [0.5, 0.6) is 0 Å². The first-order valence-electron chi connectivity index (χ1n) is 6.42. The van der Waals surface area contributed by atoms with E-state index < -0.39 is 0 Å². The van der Waals surface area contributed by atoms with Crippen molar-refractivity contribution >= 4 is 12.2 Å². The van der Waals surface area contributed by atoms with E-state index in [1.54, 1.807) is 6.20 Å². The molecule has 1 N–H and O–H groups in total. The maximum Gasteiger partial charge on any atom is 0.214 e. The Morgan fingerprint density at radius 2 is 2.10 bits per heavy atom. The van der Waals surface area contributed by atoms with Gasteiger partial charge in [-0.15, -0.1) is 0 Å². The molecule has 0 aliphatic carbocycles. The second-order valence-electron chi connectivity index (χ2n) is 4.38. The molecule has 0 fully saturated rings. The summed E-state index contributed by atoms with van der Waals surface area (Å²) in [4.78, 5) is 4.26. The van der Waals surface area contributed by atoms with Crippen LogP contribution in [0.15, 0.2) is 40.9 Å². The van der Waals surface area contributed by atoms with Crippen LogP contribution in [0.25, 0.3) is 11.4 Å². The highest BCUT2D eigenvalue weighted by molar-refractivity contribution is 7.71. The van der Waals surface area contributed by atoms with Crippen LogP contribution in [0, 0.1) is 4.77 Å². The summed E-state index contributed by atoms with van der Waals surface area (Å²) in [6.45, 7) is 2.50. The highest BCUT2D eigenvalue weighted by atomic mass is 32.1. The normalized spacial score (nSPS) is 10.8. The van der Waals surface area contributed by atoms with Gasteiger partial charge in [0.1, 0.15) is 12.3 Å². The van der Waals surface area contributed by atoms with Crippen molar-refractivity contribution < 1.29 is 4.42 Å². The molecule has 2 heterocycles. The Labute approximate surface area is 121 Å². The van der Waals surface area contributed by atoms with Gasteiger partial charge in [0.2, 0.25) is 5.89 Å². The van der Waals surface area contributed by atoms with Crippen molar-refractivity contribution in [2.75, 3.05) is 0 Å². The molecular weight excluding hydrogens is 272 g/mol. The topological polar surface area (TPSA) is 59.6 Å². The maximum absolute atomic E-state index is 5.63. The molecule has 0 atom stereocenters. The van der Waals surface area contributed by atoms with Crippen molar-refractivity contribution in [3.05, 3.63) is 53.0 Å². The molecule has 0 aliphatic heterocycles. The van der Waals surface area contributed by atoms with Gasteiger partial charge in [0.15, 0.2) is 10.6 Å². The first-order chi connectivity index (χ1) is 9.78. The van der Waals surface area contributed by atoms with Gasteiger partial charge in [0, 0.05) is 12.0 Å². The minimum Gasteiger partial charge on any atom is -0.444 e. The van der Waals surface area contributed by atoms with Gasteiger partial charge in [-0.25, -0.2) is 4.98 Å². The Morgan fingerprint density at radius 3 is 2.80 bits per heavy atom. The fraction of sp³-hybridized carbons (Fsp3) is 0.214. The Kier molecular flexibility index (Phi) is 3.47. The van der Waals surface area contributed by atoms with Crippen LogP contribution in [0.2, 0.25) is 0 Å². The van der Waals surface area contributed by atoms with Gasteiger partial charge >= 0.3 is 0 Å². The average molecular weight is 286 g/mol. The van der Waals surface area contributed by atoms with Gasteiger partial charge in [-0.05, 0) is 12.2 Å². The van der Waals surface area contributed by atoms with E-state index >= 15 is 0 Å². The summed E-state index contributed by atoms with van der Waals surface area (Å²) in [6.07, 6.45) is 2.58. The molecule has 5 nitrogen and oxygen atoms in total. The van der Waals surface area contributed by atoms with E-state index in [9.17, 15) is 0 Å². The van der Waals surface area contributed by atoms with Crippen LogP contribution >= 0.6 is 12.2 Å². The fourth-order valence-corrected chi connectivity index (χ4v) is 2.19. The third-order valence-electron chi connectivity index (χ3n) is 3.03. The number of nitrogens with zero attached hydrogens (tertiary/aromatic N) is 3. The highest BCUT2D eigenvalue weighted by Gasteiger charge is 2.11. The molecule has 0 aliphatic rings. The molecule has 0 spiro atoms. The van der Waals surface area contributed by atoms with E-state index in [1.165, 1.54) is 0 Å². The minimum atomic E-state index is 0.472. The summed E-state index contributed by atoms with van der Waals surface area (Å²) in [5.74, 6) is 2.29. The van der Waals surface area contributed by atoms with E-state index in [0.717, 1.165) is 23.6 Å². The van der Waals surface area contributed by atoms with Crippen molar-refractivity contribution in [1.82, 2.24) is 19.7 Å². The summed E-state index contributed by atoms with van der Waals surface area (Å²) in [5, 5.41) is 7.11.